The van der Waals surface area contributed by atoms with Gasteiger partial charge in [-0.1, -0.05) is 13.0 Å². The lowest BCUT2D eigenvalue weighted by atomic mass is 10.0. The predicted octanol–water partition coefficient (Wildman–Crippen LogP) is 3.47. The third-order valence-electron chi connectivity index (χ3n) is 3.53. The minimum Gasteiger partial charge on any atom is -0.496 e. The summed E-state index contributed by atoms with van der Waals surface area (Å²) in [5.41, 5.74) is 1.24. The number of rotatable bonds is 7. The van der Waals surface area contributed by atoms with Crippen LogP contribution in [0, 0.1) is 0 Å². The van der Waals surface area contributed by atoms with Crippen LogP contribution in [-0.2, 0) is 13.5 Å². The summed E-state index contributed by atoms with van der Waals surface area (Å²) in [4.78, 5) is 4.43. The monoisotopic (exact) mass is 351 g/mol. The van der Waals surface area contributed by atoms with Crippen molar-refractivity contribution in [1.82, 2.24) is 14.9 Å². The van der Waals surface area contributed by atoms with Gasteiger partial charge in [-0.2, -0.15) is 0 Å². The number of hydrogen-bond acceptors (Lipinski definition) is 3. The zero-order valence-corrected chi connectivity index (χ0v) is 14.4. The second-order valence-corrected chi connectivity index (χ2v) is 5.91. The van der Waals surface area contributed by atoms with Gasteiger partial charge in [-0.25, -0.2) is 4.98 Å². The molecular weight excluding hydrogens is 330 g/mol. The summed E-state index contributed by atoms with van der Waals surface area (Å²) >= 11 is 3.56. The topological polar surface area (TPSA) is 39.1 Å². The molecule has 0 bridgehead atoms. The third kappa shape index (κ3) is 4.08. The first-order valence-corrected chi connectivity index (χ1v) is 7.98. The Labute approximate surface area is 134 Å². The SMILES string of the molecule is CCCNC(Cc1nccn1C)c1ccc(OC)c(Br)c1. The van der Waals surface area contributed by atoms with Gasteiger partial charge in [0.05, 0.1) is 11.6 Å². The van der Waals surface area contributed by atoms with Crippen molar-refractivity contribution in [3.05, 3.63) is 46.5 Å². The van der Waals surface area contributed by atoms with E-state index in [0.29, 0.717) is 0 Å². The maximum absolute atomic E-state index is 5.30. The van der Waals surface area contributed by atoms with Crippen molar-refractivity contribution in [1.29, 1.82) is 0 Å². The van der Waals surface area contributed by atoms with E-state index in [1.165, 1.54) is 5.56 Å². The Kier molecular flexibility index (Phi) is 5.82. The molecule has 0 aliphatic rings. The van der Waals surface area contributed by atoms with Crippen molar-refractivity contribution >= 4 is 15.9 Å². The van der Waals surface area contributed by atoms with E-state index in [4.69, 9.17) is 4.74 Å². The summed E-state index contributed by atoms with van der Waals surface area (Å²) in [6.07, 6.45) is 5.79. The summed E-state index contributed by atoms with van der Waals surface area (Å²) < 4.78 is 8.35. The molecule has 114 valence electrons. The molecule has 1 unspecified atom stereocenters. The zero-order valence-electron chi connectivity index (χ0n) is 12.8. The highest BCUT2D eigenvalue weighted by Crippen LogP contribution is 2.29. The predicted molar refractivity (Wildman–Crippen MR) is 88.6 cm³/mol. The summed E-state index contributed by atoms with van der Waals surface area (Å²) in [5, 5.41) is 3.60. The van der Waals surface area contributed by atoms with E-state index < -0.39 is 0 Å². The number of nitrogens with one attached hydrogen (secondary N) is 1. The standard InChI is InChI=1S/C16H22BrN3O/c1-4-7-18-14(11-16-19-8-9-20(16)2)12-5-6-15(21-3)13(17)10-12/h5-6,8-10,14,18H,4,7,11H2,1-3H3. The van der Waals surface area contributed by atoms with Crippen molar-refractivity contribution < 1.29 is 4.74 Å². The molecule has 0 amide bonds. The molecule has 0 aliphatic carbocycles. The van der Waals surface area contributed by atoms with Gasteiger partial charge in [0, 0.05) is 31.9 Å². The fourth-order valence-electron chi connectivity index (χ4n) is 2.30. The molecule has 0 saturated heterocycles. The molecular formula is C16H22BrN3O. The number of aryl methyl sites for hydroxylation is 1. The molecule has 0 fully saturated rings. The van der Waals surface area contributed by atoms with Crippen molar-refractivity contribution in [3.63, 3.8) is 0 Å². The smallest absolute Gasteiger partial charge is 0.133 e. The van der Waals surface area contributed by atoms with Crippen LogP contribution in [0.15, 0.2) is 35.1 Å². The van der Waals surface area contributed by atoms with Crippen molar-refractivity contribution in [2.24, 2.45) is 7.05 Å². The van der Waals surface area contributed by atoms with Gasteiger partial charge in [0.25, 0.3) is 0 Å². The van der Waals surface area contributed by atoms with Crippen LogP contribution in [0.25, 0.3) is 0 Å². The van der Waals surface area contributed by atoms with Crippen LogP contribution in [0.1, 0.15) is 30.8 Å². The number of aromatic nitrogens is 2. The molecule has 4 nitrogen and oxygen atoms in total. The van der Waals surface area contributed by atoms with E-state index in [2.05, 4.69) is 49.9 Å². The molecule has 0 spiro atoms. The highest BCUT2D eigenvalue weighted by Gasteiger charge is 2.15. The van der Waals surface area contributed by atoms with E-state index in [-0.39, 0.29) is 6.04 Å². The number of nitrogens with zero attached hydrogens (tertiary/aromatic N) is 2. The fourth-order valence-corrected chi connectivity index (χ4v) is 2.86. The lowest BCUT2D eigenvalue weighted by Gasteiger charge is -2.20. The zero-order chi connectivity index (χ0) is 15.2. The molecule has 5 heteroatoms. The Balaban J connectivity index is 2.22. The van der Waals surface area contributed by atoms with Crippen LogP contribution in [0.3, 0.4) is 0 Å². The van der Waals surface area contributed by atoms with E-state index >= 15 is 0 Å². The molecule has 21 heavy (non-hydrogen) atoms. The first kappa shape index (κ1) is 16.0. The lowest BCUT2D eigenvalue weighted by molar-refractivity contribution is 0.411. The molecule has 1 atom stereocenters. The maximum atomic E-state index is 5.30. The van der Waals surface area contributed by atoms with Gasteiger partial charge in [-0.3, -0.25) is 0 Å². The van der Waals surface area contributed by atoms with Crippen LogP contribution in [-0.4, -0.2) is 23.2 Å². The summed E-state index contributed by atoms with van der Waals surface area (Å²) in [5.74, 6) is 1.93. The first-order valence-electron chi connectivity index (χ1n) is 7.18. The Morgan fingerprint density at radius 2 is 2.24 bits per heavy atom. The van der Waals surface area contributed by atoms with Gasteiger partial charge in [-0.15, -0.1) is 0 Å². The van der Waals surface area contributed by atoms with Crippen LogP contribution in [0.4, 0.5) is 0 Å². The minimum atomic E-state index is 0.244. The average Bonchev–Trinajstić information content (AvgIpc) is 2.88. The Morgan fingerprint density at radius 1 is 1.43 bits per heavy atom. The van der Waals surface area contributed by atoms with Crippen LogP contribution in [0.2, 0.25) is 0 Å². The van der Waals surface area contributed by atoms with Gasteiger partial charge in [0.15, 0.2) is 0 Å². The maximum Gasteiger partial charge on any atom is 0.133 e. The van der Waals surface area contributed by atoms with Gasteiger partial charge < -0.3 is 14.6 Å². The van der Waals surface area contributed by atoms with Crippen LogP contribution >= 0.6 is 15.9 Å². The second-order valence-electron chi connectivity index (χ2n) is 5.06. The van der Waals surface area contributed by atoms with Crippen LogP contribution < -0.4 is 10.1 Å². The third-order valence-corrected chi connectivity index (χ3v) is 4.15. The van der Waals surface area contributed by atoms with Gasteiger partial charge in [0.1, 0.15) is 11.6 Å². The number of ether oxygens (including phenoxy) is 1. The number of hydrogen-bond donors (Lipinski definition) is 1. The van der Waals surface area contributed by atoms with E-state index in [1.54, 1.807) is 7.11 Å². The summed E-state index contributed by atoms with van der Waals surface area (Å²) in [6.45, 7) is 3.16. The molecule has 0 saturated carbocycles. The van der Waals surface area contributed by atoms with Crippen molar-refractivity contribution in [2.45, 2.75) is 25.8 Å². The highest BCUT2D eigenvalue weighted by atomic mass is 79.9. The van der Waals surface area contributed by atoms with Crippen molar-refractivity contribution in [3.8, 4) is 5.75 Å². The Bertz CT molecular complexity index is 583. The van der Waals surface area contributed by atoms with Crippen LogP contribution in [0.5, 0.6) is 5.75 Å². The fraction of sp³-hybridized carbons (Fsp3) is 0.438. The minimum absolute atomic E-state index is 0.244. The van der Waals surface area contributed by atoms with E-state index in [0.717, 1.165) is 35.4 Å². The molecule has 1 aromatic heterocycles. The summed E-state index contributed by atoms with van der Waals surface area (Å²) in [6, 6.07) is 6.47. The summed E-state index contributed by atoms with van der Waals surface area (Å²) in [7, 11) is 3.71. The molecule has 1 heterocycles. The Morgan fingerprint density at radius 3 is 2.81 bits per heavy atom. The van der Waals surface area contributed by atoms with Crippen molar-refractivity contribution in [2.75, 3.05) is 13.7 Å². The first-order chi connectivity index (χ1) is 10.2. The molecule has 0 aliphatic heterocycles. The van der Waals surface area contributed by atoms with Gasteiger partial charge in [-0.05, 0) is 46.6 Å². The second kappa shape index (κ2) is 7.61. The highest BCUT2D eigenvalue weighted by molar-refractivity contribution is 9.10. The molecule has 1 N–H and O–H groups in total. The normalized spacial score (nSPS) is 12.4. The van der Waals surface area contributed by atoms with E-state index in [1.807, 2.05) is 25.5 Å². The number of halogens is 1. The molecule has 2 aromatic rings. The number of methoxy groups -OCH3 is 1. The lowest BCUT2D eigenvalue weighted by Crippen LogP contribution is -2.25. The largest absolute Gasteiger partial charge is 0.496 e. The quantitative estimate of drug-likeness (QED) is 0.829. The average molecular weight is 352 g/mol. The van der Waals surface area contributed by atoms with E-state index in [9.17, 15) is 0 Å². The molecule has 0 radical (unpaired) electrons. The van der Waals surface area contributed by atoms with Gasteiger partial charge >= 0.3 is 0 Å². The number of benzene rings is 1. The molecule has 1 aromatic carbocycles. The number of imidazole rings is 1. The molecule has 2 rings (SSSR count). The Hall–Kier alpha value is -1.33. The van der Waals surface area contributed by atoms with Gasteiger partial charge in [0.2, 0.25) is 0 Å².